The summed E-state index contributed by atoms with van der Waals surface area (Å²) in [6, 6.07) is 1.83. The molecule has 84 valence electrons. The molecule has 0 aliphatic carbocycles. The van der Waals surface area contributed by atoms with E-state index in [1.807, 2.05) is 19.9 Å². The molecule has 0 aliphatic rings. The van der Waals surface area contributed by atoms with Crippen molar-refractivity contribution in [1.29, 1.82) is 0 Å². The Labute approximate surface area is 107 Å². The topological polar surface area (TPSA) is 38.9 Å². The number of rotatable bonds is 2. The summed E-state index contributed by atoms with van der Waals surface area (Å²) in [5, 5.41) is 0.477. The second-order valence-electron chi connectivity index (χ2n) is 3.36. The molecule has 0 fully saturated rings. The lowest BCUT2D eigenvalue weighted by atomic mass is 10.2. The minimum Gasteiger partial charge on any atom is -0.461 e. The van der Waals surface area contributed by atoms with Crippen LogP contribution in [0.2, 0.25) is 5.15 Å². The largest absolute Gasteiger partial charge is 0.461 e. The van der Waals surface area contributed by atoms with Crippen molar-refractivity contribution in [1.82, 2.24) is 9.97 Å². The van der Waals surface area contributed by atoms with Crippen molar-refractivity contribution in [2.75, 3.05) is 0 Å². The first-order chi connectivity index (χ1) is 7.63. The number of hydrogen-bond acceptors (Lipinski definition) is 3. The van der Waals surface area contributed by atoms with Crippen molar-refractivity contribution in [3.8, 4) is 11.5 Å². The van der Waals surface area contributed by atoms with Gasteiger partial charge in [0, 0.05) is 12.0 Å². The summed E-state index contributed by atoms with van der Waals surface area (Å²) in [5.74, 6) is 1.41. The first-order valence-corrected chi connectivity index (χ1v) is 6.07. The molecule has 0 N–H and O–H groups in total. The third-order valence-corrected chi connectivity index (χ3v) is 3.27. The summed E-state index contributed by atoms with van der Waals surface area (Å²) in [4.78, 5) is 8.62. The van der Waals surface area contributed by atoms with Crippen LogP contribution in [-0.2, 0) is 6.42 Å². The maximum Gasteiger partial charge on any atom is 0.166 e. The zero-order valence-electron chi connectivity index (χ0n) is 8.92. The highest BCUT2D eigenvalue weighted by atomic mass is 79.9. The molecule has 2 rings (SSSR count). The maximum absolute atomic E-state index is 6.06. The Morgan fingerprint density at radius 1 is 1.44 bits per heavy atom. The number of aromatic nitrogens is 2. The standard InChI is InChI=1S/C11H10BrClN2O/c1-3-8-14-9(6(2)11(13)15-8)10-7(12)4-5-16-10/h4-5H,3H2,1-2H3. The summed E-state index contributed by atoms with van der Waals surface area (Å²) in [5.41, 5.74) is 1.57. The van der Waals surface area contributed by atoms with E-state index in [-0.39, 0.29) is 0 Å². The molecule has 0 atom stereocenters. The Bertz CT molecular complexity index is 525. The molecule has 0 aromatic carbocycles. The van der Waals surface area contributed by atoms with E-state index in [2.05, 4.69) is 25.9 Å². The Morgan fingerprint density at radius 3 is 2.75 bits per heavy atom. The van der Waals surface area contributed by atoms with Crippen molar-refractivity contribution in [2.24, 2.45) is 0 Å². The lowest BCUT2D eigenvalue weighted by molar-refractivity contribution is 0.577. The van der Waals surface area contributed by atoms with E-state index in [4.69, 9.17) is 16.0 Å². The third kappa shape index (κ3) is 1.99. The van der Waals surface area contributed by atoms with Gasteiger partial charge in [0.2, 0.25) is 0 Å². The van der Waals surface area contributed by atoms with Crippen molar-refractivity contribution in [3.05, 3.63) is 33.3 Å². The van der Waals surface area contributed by atoms with Crippen molar-refractivity contribution in [3.63, 3.8) is 0 Å². The summed E-state index contributed by atoms with van der Waals surface area (Å²) in [6.45, 7) is 3.87. The van der Waals surface area contributed by atoms with E-state index in [1.165, 1.54) is 0 Å². The Morgan fingerprint density at radius 2 is 2.19 bits per heavy atom. The Kier molecular flexibility index (Phi) is 3.30. The zero-order valence-corrected chi connectivity index (χ0v) is 11.3. The van der Waals surface area contributed by atoms with Gasteiger partial charge in [-0.05, 0) is 28.9 Å². The van der Waals surface area contributed by atoms with Gasteiger partial charge >= 0.3 is 0 Å². The third-order valence-electron chi connectivity index (χ3n) is 2.28. The maximum atomic E-state index is 6.06. The minimum absolute atomic E-state index is 0.477. The zero-order chi connectivity index (χ0) is 11.7. The van der Waals surface area contributed by atoms with Gasteiger partial charge in [0.1, 0.15) is 16.7 Å². The van der Waals surface area contributed by atoms with E-state index in [9.17, 15) is 0 Å². The van der Waals surface area contributed by atoms with Crippen LogP contribution in [0.5, 0.6) is 0 Å². The fraction of sp³-hybridized carbons (Fsp3) is 0.273. The van der Waals surface area contributed by atoms with Crippen molar-refractivity contribution >= 4 is 27.5 Å². The van der Waals surface area contributed by atoms with Gasteiger partial charge in [-0.1, -0.05) is 18.5 Å². The summed E-state index contributed by atoms with van der Waals surface area (Å²) in [6.07, 6.45) is 2.35. The van der Waals surface area contributed by atoms with Gasteiger partial charge in [-0.3, -0.25) is 0 Å². The lowest BCUT2D eigenvalue weighted by Crippen LogP contribution is -1.99. The van der Waals surface area contributed by atoms with Crippen LogP contribution >= 0.6 is 27.5 Å². The van der Waals surface area contributed by atoms with Crippen LogP contribution in [-0.4, -0.2) is 9.97 Å². The molecule has 0 spiro atoms. The van der Waals surface area contributed by atoms with Crippen molar-refractivity contribution < 1.29 is 4.42 Å². The minimum atomic E-state index is 0.477. The van der Waals surface area contributed by atoms with Crippen LogP contribution in [0.3, 0.4) is 0 Å². The van der Waals surface area contributed by atoms with E-state index in [0.29, 0.717) is 16.7 Å². The molecule has 0 bridgehead atoms. The molecule has 0 saturated carbocycles. The molecule has 0 radical (unpaired) electrons. The van der Waals surface area contributed by atoms with Crippen LogP contribution in [0.25, 0.3) is 11.5 Å². The second kappa shape index (κ2) is 4.55. The lowest BCUT2D eigenvalue weighted by Gasteiger charge is -2.06. The average molecular weight is 302 g/mol. The highest BCUT2D eigenvalue weighted by Gasteiger charge is 2.15. The predicted molar refractivity (Wildman–Crippen MR) is 66.6 cm³/mol. The smallest absolute Gasteiger partial charge is 0.166 e. The van der Waals surface area contributed by atoms with Gasteiger partial charge in [0.25, 0.3) is 0 Å². The predicted octanol–water partition coefficient (Wildman–Crippen LogP) is 4.02. The average Bonchev–Trinajstić information content (AvgIpc) is 2.68. The van der Waals surface area contributed by atoms with Gasteiger partial charge < -0.3 is 4.42 Å². The van der Waals surface area contributed by atoms with Gasteiger partial charge in [-0.15, -0.1) is 0 Å². The molecule has 2 aromatic rings. The summed E-state index contributed by atoms with van der Waals surface area (Å²) in [7, 11) is 0. The first kappa shape index (κ1) is 11.6. The highest BCUT2D eigenvalue weighted by Crippen LogP contribution is 2.32. The number of aryl methyl sites for hydroxylation is 1. The second-order valence-corrected chi connectivity index (χ2v) is 4.57. The summed E-state index contributed by atoms with van der Waals surface area (Å²) >= 11 is 9.47. The van der Waals surface area contributed by atoms with Crippen LogP contribution in [0.1, 0.15) is 18.3 Å². The van der Waals surface area contributed by atoms with Crippen LogP contribution in [0.15, 0.2) is 21.2 Å². The van der Waals surface area contributed by atoms with Crippen molar-refractivity contribution in [2.45, 2.75) is 20.3 Å². The molecule has 0 aliphatic heterocycles. The van der Waals surface area contributed by atoms with E-state index >= 15 is 0 Å². The molecule has 5 heteroatoms. The van der Waals surface area contributed by atoms with Gasteiger partial charge in [0.05, 0.1) is 10.7 Å². The molecular weight excluding hydrogens is 291 g/mol. The number of nitrogens with zero attached hydrogens (tertiary/aromatic N) is 2. The van der Waals surface area contributed by atoms with E-state index in [0.717, 1.165) is 22.2 Å². The fourth-order valence-corrected chi connectivity index (χ4v) is 1.95. The Balaban J connectivity index is 2.64. The number of halogens is 2. The normalized spacial score (nSPS) is 10.8. The molecule has 0 saturated heterocycles. The molecule has 2 aromatic heterocycles. The van der Waals surface area contributed by atoms with Crippen LogP contribution < -0.4 is 0 Å². The van der Waals surface area contributed by atoms with Crippen LogP contribution in [0.4, 0.5) is 0 Å². The summed E-state index contributed by atoms with van der Waals surface area (Å²) < 4.78 is 6.26. The quantitative estimate of drug-likeness (QED) is 0.786. The number of furan rings is 1. The molecule has 0 amide bonds. The molecule has 3 nitrogen and oxygen atoms in total. The Hall–Kier alpha value is -0.870. The fourth-order valence-electron chi connectivity index (χ4n) is 1.37. The monoisotopic (exact) mass is 300 g/mol. The van der Waals surface area contributed by atoms with E-state index in [1.54, 1.807) is 6.26 Å². The SMILES string of the molecule is CCc1nc(Cl)c(C)c(-c2occc2Br)n1. The molecular formula is C11H10BrClN2O. The first-order valence-electron chi connectivity index (χ1n) is 4.89. The van der Waals surface area contributed by atoms with E-state index < -0.39 is 0 Å². The molecule has 2 heterocycles. The highest BCUT2D eigenvalue weighted by molar-refractivity contribution is 9.10. The van der Waals surface area contributed by atoms with Crippen LogP contribution in [0, 0.1) is 6.92 Å². The van der Waals surface area contributed by atoms with Gasteiger partial charge in [-0.2, -0.15) is 0 Å². The molecule has 16 heavy (non-hydrogen) atoms. The number of hydrogen-bond donors (Lipinski definition) is 0. The molecule has 0 unspecified atom stereocenters. The van der Waals surface area contributed by atoms with Gasteiger partial charge in [0.15, 0.2) is 5.76 Å². The van der Waals surface area contributed by atoms with Gasteiger partial charge in [-0.25, -0.2) is 9.97 Å².